The number of carbonyl (C=O) groups is 1. The van der Waals surface area contributed by atoms with Gasteiger partial charge in [0.05, 0.1) is 5.60 Å². The van der Waals surface area contributed by atoms with Gasteiger partial charge >= 0.3 is 0 Å². The maximum Gasteiger partial charge on any atom is 0.229 e. The average molecular weight is 448 g/mol. The molecule has 1 aliphatic heterocycles. The van der Waals surface area contributed by atoms with Crippen molar-refractivity contribution in [1.82, 2.24) is 5.32 Å². The molecule has 7 nitrogen and oxygen atoms in total. The lowest BCUT2D eigenvalue weighted by atomic mass is 9.89. The molecular weight excluding hydrogens is 417 g/mol. The summed E-state index contributed by atoms with van der Waals surface area (Å²) in [6.07, 6.45) is -3.67. The number of aliphatic hydroxyl groups excluding tert-OH is 2. The zero-order valence-corrected chi connectivity index (χ0v) is 18.7. The highest BCUT2D eigenvalue weighted by atomic mass is 19.1. The summed E-state index contributed by atoms with van der Waals surface area (Å²) >= 11 is 0. The lowest BCUT2D eigenvalue weighted by molar-refractivity contribution is -0.305. The van der Waals surface area contributed by atoms with Crippen LogP contribution in [0.5, 0.6) is 5.75 Å². The van der Waals surface area contributed by atoms with Gasteiger partial charge in [-0.05, 0) is 61.2 Å². The van der Waals surface area contributed by atoms with E-state index in [0.717, 1.165) is 5.56 Å². The van der Waals surface area contributed by atoms with E-state index in [1.165, 1.54) is 19.2 Å². The van der Waals surface area contributed by atoms with Crippen molar-refractivity contribution in [3.8, 4) is 16.9 Å². The number of aryl methyl sites for hydroxylation is 1. The second-order valence-corrected chi connectivity index (χ2v) is 8.35. The molecular formula is C24H30FNO6. The molecule has 1 amide bonds. The molecule has 0 aromatic heterocycles. The van der Waals surface area contributed by atoms with E-state index in [-0.39, 0.29) is 18.1 Å². The third-order valence-electron chi connectivity index (χ3n) is 5.67. The summed E-state index contributed by atoms with van der Waals surface area (Å²) in [4.78, 5) is 11.7. The van der Waals surface area contributed by atoms with Crippen LogP contribution in [0.2, 0.25) is 0 Å². The van der Waals surface area contributed by atoms with Gasteiger partial charge in [-0.3, -0.25) is 4.79 Å². The van der Waals surface area contributed by atoms with Gasteiger partial charge in [0.2, 0.25) is 12.2 Å². The average Bonchev–Trinajstić information content (AvgIpc) is 2.76. The Hall–Kier alpha value is -2.52. The van der Waals surface area contributed by atoms with Crippen molar-refractivity contribution in [2.75, 3.05) is 14.2 Å². The Morgan fingerprint density at radius 2 is 1.94 bits per heavy atom. The van der Waals surface area contributed by atoms with Crippen LogP contribution in [0.3, 0.4) is 0 Å². The summed E-state index contributed by atoms with van der Waals surface area (Å²) in [5.74, 6) is -0.110. The summed E-state index contributed by atoms with van der Waals surface area (Å²) in [6.45, 7) is 3.49. The van der Waals surface area contributed by atoms with E-state index in [2.05, 4.69) is 5.32 Å². The number of nitrogens with one attached hydrogen (secondary N) is 1. The van der Waals surface area contributed by atoms with Crippen LogP contribution < -0.4 is 10.1 Å². The highest BCUT2D eigenvalue weighted by Gasteiger charge is 2.50. The minimum absolute atomic E-state index is 0.0989. The number of aliphatic hydroxyl groups is 2. The van der Waals surface area contributed by atoms with Gasteiger partial charge in [0.15, 0.2) is 0 Å². The largest absolute Gasteiger partial charge is 0.462 e. The summed E-state index contributed by atoms with van der Waals surface area (Å²) in [5.41, 5.74) is 1.27. The first-order chi connectivity index (χ1) is 15.2. The van der Waals surface area contributed by atoms with Crippen LogP contribution in [0.25, 0.3) is 11.1 Å². The fourth-order valence-corrected chi connectivity index (χ4v) is 3.98. The number of methoxy groups -OCH3 is 1. The maximum absolute atomic E-state index is 13.9. The molecule has 3 N–H and O–H groups in total. The SMILES string of the molecule is CNC(=O)CCc1ccc(O[C@@H]2OC(C)(C)[C@H](OC)[C@@H](O)[C@H]2O)cc1-c1cccc(F)c1. The number of carbonyl (C=O) groups excluding carboxylic acids is 1. The van der Waals surface area contributed by atoms with Crippen molar-refractivity contribution in [3.63, 3.8) is 0 Å². The zero-order valence-electron chi connectivity index (χ0n) is 18.7. The number of halogens is 1. The monoisotopic (exact) mass is 447 g/mol. The van der Waals surface area contributed by atoms with E-state index < -0.39 is 30.2 Å². The fourth-order valence-electron chi connectivity index (χ4n) is 3.98. The molecule has 2 aromatic rings. The van der Waals surface area contributed by atoms with Gasteiger partial charge in [0, 0.05) is 20.6 Å². The van der Waals surface area contributed by atoms with Crippen LogP contribution in [0, 0.1) is 5.82 Å². The summed E-state index contributed by atoms with van der Waals surface area (Å²) in [7, 11) is 3.02. The fraction of sp³-hybridized carbons (Fsp3) is 0.458. The molecule has 1 saturated heterocycles. The quantitative estimate of drug-likeness (QED) is 0.603. The molecule has 0 unspecified atom stereocenters. The van der Waals surface area contributed by atoms with Crippen LogP contribution in [0.1, 0.15) is 25.8 Å². The maximum atomic E-state index is 13.9. The first-order valence-electron chi connectivity index (χ1n) is 10.5. The van der Waals surface area contributed by atoms with Gasteiger partial charge < -0.3 is 29.7 Å². The molecule has 0 radical (unpaired) electrons. The molecule has 32 heavy (non-hydrogen) atoms. The molecule has 0 spiro atoms. The highest BCUT2D eigenvalue weighted by Crippen LogP contribution is 2.34. The topological polar surface area (TPSA) is 97.3 Å². The van der Waals surface area contributed by atoms with E-state index >= 15 is 0 Å². The highest BCUT2D eigenvalue weighted by molar-refractivity contribution is 5.77. The molecule has 1 fully saturated rings. The third kappa shape index (κ3) is 5.27. The minimum Gasteiger partial charge on any atom is -0.462 e. The zero-order chi connectivity index (χ0) is 23.5. The van der Waals surface area contributed by atoms with Gasteiger partial charge in [0.25, 0.3) is 0 Å². The van der Waals surface area contributed by atoms with Crippen LogP contribution in [-0.4, -0.2) is 60.5 Å². The summed E-state index contributed by atoms with van der Waals surface area (Å²) < 4.78 is 31.0. The Balaban J connectivity index is 1.90. The molecule has 0 bridgehead atoms. The molecule has 1 aliphatic rings. The Labute approximate surface area is 187 Å². The molecule has 2 aromatic carbocycles. The number of ether oxygens (including phenoxy) is 3. The number of rotatable bonds is 7. The van der Waals surface area contributed by atoms with E-state index in [1.807, 2.05) is 0 Å². The molecule has 8 heteroatoms. The molecule has 1 heterocycles. The number of benzene rings is 2. The number of amides is 1. The van der Waals surface area contributed by atoms with Gasteiger partial charge in [-0.1, -0.05) is 18.2 Å². The molecule has 4 atom stereocenters. The lowest BCUT2D eigenvalue weighted by Crippen LogP contribution is -2.63. The smallest absolute Gasteiger partial charge is 0.229 e. The number of hydrogen-bond acceptors (Lipinski definition) is 6. The van der Waals surface area contributed by atoms with Gasteiger partial charge in [-0.15, -0.1) is 0 Å². The standard InChI is InChI=1S/C24H30FNO6/c1-24(2)22(30-4)20(28)21(29)23(32-24)31-17-10-8-14(9-11-19(27)26-3)18(13-17)15-6-5-7-16(25)12-15/h5-8,10,12-13,20-23,28-29H,9,11H2,1-4H3,(H,26,27)/t20-,21+,22+,23+/m0/s1. The predicted molar refractivity (Wildman–Crippen MR) is 117 cm³/mol. The van der Waals surface area contributed by atoms with Crippen molar-refractivity contribution in [2.24, 2.45) is 0 Å². The second-order valence-electron chi connectivity index (χ2n) is 8.35. The van der Waals surface area contributed by atoms with Crippen molar-refractivity contribution >= 4 is 5.91 Å². The predicted octanol–water partition coefficient (Wildman–Crippen LogP) is 2.42. The van der Waals surface area contributed by atoms with Crippen LogP contribution in [-0.2, 0) is 20.7 Å². The summed E-state index contributed by atoms with van der Waals surface area (Å²) in [6, 6.07) is 11.4. The van der Waals surface area contributed by atoms with Gasteiger partial charge in [-0.2, -0.15) is 0 Å². The molecule has 0 aliphatic carbocycles. The first kappa shape index (κ1) is 24.1. The van der Waals surface area contributed by atoms with Crippen LogP contribution in [0.4, 0.5) is 4.39 Å². The van der Waals surface area contributed by atoms with Crippen molar-refractivity contribution < 1.29 is 33.6 Å². The Kier molecular flexibility index (Phi) is 7.51. The Bertz CT molecular complexity index is 950. The molecule has 174 valence electrons. The van der Waals surface area contributed by atoms with Crippen LogP contribution >= 0.6 is 0 Å². The van der Waals surface area contributed by atoms with E-state index in [4.69, 9.17) is 14.2 Å². The van der Waals surface area contributed by atoms with E-state index in [1.54, 1.807) is 51.2 Å². The lowest BCUT2D eigenvalue weighted by Gasteiger charge is -2.46. The van der Waals surface area contributed by atoms with Crippen molar-refractivity contribution in [2.45, 2.75) is 56.9 Å². The number of hydrogen-bond donors (Lipinski definition) is 3. The minimum atomic E-state index is -1.33. The van der Waals surface area contributed by atoms with Crippen molar-refractivity contribution in [3.05, 3.63) is 53.8 Å². The Morgan fingerprint density at radius 1 is 1.19 bits per heavy atom. The molecule has 3 rings (SSSR count). The third-order valence-corrected chi connectivity index (χ3v) is 5.67. The second kappa shape index (κ2) is 9.95. The summed E-state index contributed by atoms with van der Waals surface area (Å²) in [5, 5.41) is 23.6. The van der Waals surface area contributed by atoms with Crippen molar-refractivity contribution in [1.29, 1.82) is 0 Å². The Morgan fingerprint density at radius 3 is 2.59 bits per heavy atom. The van der Waals surface area contributed by atoms with E-state index in [0.29, 0.717) is 23.3 Å². The van der Waals surface area contributed by atoms with Crippen LogP contribution in [0.15, 0.2) is 42.5 Å². The first-order valence-corrected chi connectivity index (χ1v) is 10.5. The molecule has 0 saturated carbocycles. The van der Waals surface area contributed by atoms with E-state index in [9.17, 15) is 19.4 Å². The van der Waals surface area contributed by atoms with Gasteiger partial charge in [-0.25, -0.2) is 4.39 Å². The normalized spacial score (nSPS) is 24.7. The van der Waals surface area contributed by atoms with Gasteiger partial charge in [0.1, 0.15) is 29.9 Å².